The third-order valence-electron chi connectivity index (χ3n) is 5.67. The van der Waals surface area contributed by atoms with E-state index in [0.29, 0.717) is 12.8 Å². The molecule has 2 amide bonds. The zero-order valence-electron chi connectivity index (χ0n) is 19.4. The summed E-state index contributed by atoms with van der Waals surface area (Å²) >= 11 is 0. The quantitative estimate of drug-likeness (QED) is 0.171. The molecule has 0 aliphatic carbocycles. The standard InChI is InChI=1S/C21H33BN4O7.2ClH/c23-17(7-4-10-25-20(30)33-13-15-5-2-1-3-6-15)18(27)26-12-16(8-9-22(31)32)11-21(24,14-26)19(28)29;;/h1-3,5-6,16-17,31-32H,4,7-14,23-24H2,(H,25,30)(H,28,29);2*1H/t16-,17?,21+;;/m0../s1. The molecule has 0 radical (unpaired) electrons. The number of benzene rings is 1. The Morgan fingerprint density at radius 1 is 1.23 bits per heavy atom. The molecule has 0 aromatic heterocycles. The summed E-state index contributed by atoms with van der Waals surface area (Å²) in [5.74, 6) is -1.94. The van der Waals surface area contributed by atoms with Crippen LogP contribution in [0.15, 0.2) is 30.3 Å². The number of carbonyl (C=O) groups is 3. The van der Waals surface area contributed by atoms with Gasteiger partial charge in [-0.15, -0.1) is 24.8 Å². The average molecular weight is 537 g/mol. The molecule has 8 N–H and O–H groups in total. The molecular weight excluding hydrogens is 502 g/mol. The number of ether oxygens (including phenoxy) is 1. The highest BCUT2D eigenvalue weighted by molar-refractivity contribution is 6.40. The summed E-state index contributed by atoms with van der Waals surface area (Å²) in [5.41, 5.74) is 11.3. The Kier molecular flexibility index (Phi) is 14.9. The van der Waals surface area contributed by atoms with Crippen LogP contribution in [0, 0.1) is 5.92 Å². The number of halogens is 2. The molecule has 1 fully saturated rings. The number of carbonyl (C=O) groups excluding carboxylic acids is 2. The number of nitrogens with zero attached hydrogens (tertiary/aromatic N) is 1. The first-order valence-electron chi connectivity index (χ1n) is 11.0. The first kappa shape index (κ1) is 32.9. The lowest BCUT2D eigenvalue weighted by atomic mass is 9.75. The summed E-state index contributed by atoms with van der Waals surface area (Å²) in [5, 5.41) is 30.3. The van der Waals surface area contributed by atoms with Gasteiger partial charge in [-0.25, -0.2) is 4.79 Å². The molecular formula is C21H35BCl2N4O7. The SMILES string of the molecule is Cl.Cl.NC(CCCNC(=O)OCc1ccccc1)C(=O)N1C[C@@H](CCB(O)O)C[C@](N)(C(=O)O)C1. The normalized spacial score (nSPS) is 20.0. The molecule has 1 heterocycles. The molecule has 1 aliphatic heterocycles. The number of carboxylic acids is 1. The van der Waals surface area contributed by atoms with Crippen molar-refractivity contribution in [1.82, 2.24) is 10.2 Å². The third-order valence-corrected chi connectivity index (χ3v) is 5.67. The molecule has 0 bridgehead atoms. The number of piperidine rings is 1. The Hall–Kier alpha value is -2.09. The highest BCUT2D eigenvalue weighted by Crippen LogP contribution is 2.28. The number of amides is 2. The summed E-state index contributed by atoms with van der Waals surface area (Å²) in [6.07, 6.45) is 0.632. The molecule has 0 spiro atoms. The van der Waals surface area contributed by atoms with Gasteiger partial charge >= 0.3 is 19.2 Å². The Balaban J connectivity index is 0.00000578. The van der Waals surface area contributed by atoms with Crippen LogP contribution in [0.1, 0.15) is 31.2 Å². The van der Waals surface area contributed by atoms with Crippen molar-refractivity contribution in [2.75, 3.05) is 19.6 Å². The molecule has 1 unspecified atom stereocenters. The number of nitrogens with two attached hydrogens (primary N) is 2. The van der Waals surface area contributed by atoms with Crippen molar-refractivity contribution in [2.24, 2.45) is 17.4 Å². The largest absolute Gasteiger partial charge is 0.480 e. The van der Waals surface area contributed by atoms with Gasteiger partial charge in [0.25, 0.3) is 0 Å². The van der Waals surface area contributed by atoms with Crippen molar-refractivity contribution in [3.8, 4) is 0 Å². The van der Waals surface area contributed by atoms with E-state index in [2.05, 4.69) is 5.32 Å². The first-order valence-corrected chi connectivity index (χ1v) is 11.0. The van der Waals surface area contributed by atoms with E-state index in [1.54, 1.807) is 0 Å². The van der Waals surface area contributed by atoms with Gasteiger partial charge in [0.1, 0.15) is 12.1 Å². The minimum Gasteiger partial charge on any atom is -0.480 e. The van der Waals surface area contributed by atoms with E-state index in [4.69, 9.17) is 26.3 Å². The van der Waals surface area contributed by atoms with Crippen molar-refractivity contribution in [1.29, 1.82) is 0 Å². The van der Waals surface area contributed by atoms with Crippen LogP contribution in [-0.2, 0) is 20.9 Å². The summed E-state index contributed by atoms with van der Waals surface area (Å²) in [6, 6.07) is 8.37. The molecule has 1 aromatic carbocycles. The molecule has 1 aromatic rings. The van der Waals surface area contributed by atoms with Crippen molar-refractivity contribution < 1.29 is 34.3 Å². The number of rotatable bonds is 11. The van der Waals surface area contributed by atoms with E-state index in [1.165, 1.54) is 4.90 Å². The smallest absolute Gasteiger partial charge is 0.451 e. The van der Waals surface area contributed by atoms with Gasteiger partial charge in [0.05, 0.1) is 6.04 Å². The fourth-order valence-corrected chi connectivity index (χ4v) is 3.91. The van der Waals surface area contributed by atoms with Gasteiger partial charge in [-0.1, -0.05) is 36.8 Å². The fraction of sp³-hybridized carbons (Fsp3) is 0.571. The van der Waals surface area contributed by atoms with E-state index in [9.17, 15) is 19.5 Å². The fourth-order valence-electron chi connectivity index (χ4n) is 3.91. The van der Waals surface area contributed by atoms with Crippen LogP contribution >= 0.6 is 24.8 Å². The van der Waals surface area contributed by atoms with Crippen molar-refractivity contribution >= 4 is 49.9 Å². The highest BCUT2D eigenvalue weighted by Gasteiger charge is 2.44. The molecule has 14 heteroatoms. The van der Waals surface area contributed by atoms with Crippen molar-refractivity contribution in [3.63, 3.8) is 0 Å². The second-order valence-corrected chi connectivity index (χ2v) is 8.55. The maximum Gasteiger partial charge on any atom is 0.451 e. The number of likely N-dealkylation sites (tertiary alicyclic amines) is 1. The van der Waals surface area contributed by atoms with E-state index in [1.807, 2.05) is 30.3 Å². The Labute approximate surface area is 217 Å². The Bertz CT molecular complexity index is 809. The van der Waals surface area contributed by atoms with Gasteiger partial charge in [-0.2, -0.15) is 0 Å². The minimum atomic E-state index is -1.62. The lowest BCUT2D eigenvalue weighted by Crippen LogP contribution is -2.64. The lowest BCUT2D eigenvalue weighted by Gasteiger charge is -2.42. The van der Waals surface area contributed by atoms with Gasteiger partial charge in [0, 0.05) is 19.6 Å². The second kappa shape index (κ2) is 15.8. The number of carboxylic acid groups (broad SMARTS) is 1. The van der Waals surface area contributed by atoms with Gasteiger partial charge in [-0.05, 0) is 37.1 Å². The maximum atomic E-state index is 12.8. The molecule has 3 atom stereocenters. The van der Waals surface area contributed by atoms with Crippen LogP contribution in [0.5, 0.6) is 0 Å². The van der Waals surface area contributed by atoms with Gasteiger partial charge in [0.2, 0.25) is 5.91 Å². The average Bonchev–Trinajstić information content (AvgIpc) is 2.78. The first-order chi connectivity index (χ1) is 15.6. The van der Waals surface area contributed by atoms with Crippen molar-refractivity contribution in [2.45, 2.75) is 50.2 Å². The van der Waals surface area contributed by atoms with Gasteiger partial charge < -0.3 is 41.6 Å². The Morgan fingerprint density at radius 2 is 1.89 bits per heavy atom. The molecule has 35 heavy (non-hydrogen) atoms. The molecule has 1 aliphatic rings. The number of nitrogens with one attached hydrogen (secondary N) is 1. The number of hydrogen-bond donors (Lipinski definition) is 6. The van der Waals surface area contributed by atoms with E-state index in [0.717, 1.165) is 5.56 Å². The lowest BCUT2D eigenvalue weighted by molar-refractivity contribution is -0.149. The van der Waals surface area contributed by atoms with Crippen LogP contribution in [0.2, 0.25) is 6.32 Å². The highest BCUT2D eigenvalue weighted by atomic mass is 35.5. The van der Waals surface area contributed by atoms with Crippen LogP contribution in [-0.4, -0.2) is 76.4 Å². The van der Waals surface area contributed by atoms with E-state index >= 15 is 0 Å². The van der Waals surface area contributed by atoms with Gasteiger partial charge in [0.15, 0.2) is 0 Å². The summed E-state index contributed by atoms with van der Waals surface area (Å²) in [7, 11) is -1.51. The zero-order chi connectivity index (χ0) is 24.4. The topological polar surface area (TPSA) is 188 Å². The predicted molar refractivity (Wildman–Crippen MR) is 135 cm³/mol. The monoisotopic (exact) mass is 536 g/mol. The zero-order valence-corrected chi connectivity index (χ0v) is 21.0. The molecule has 198 valence electrons. The van der Waals surface area contributed by atoms with Crippen molar-refractivity contribution in [3.05, 3.63) is 35.9 Å². The van der Waals surface area contributed by atoms with Crippen LogP contribution in [0.25, 0.3) is 0 Å². The molecule has 1 saturated heterocycles. The number of hydrogen-bond acceptors (Lipinski definition) is 8. The van der Waals surface area contributed by atoms with Crippen LogP contribution in [0.4, 0.5) is 4.79 Å². The number of alkyl carbamates (subject to hydrolysis) is 1. The van der Waals surface area contributed by atoms with E-state index < -0.39 is 36.7 Å². The van der Waals surface area contributed by atoms with Gasteiger partial charge in [-0.3, -0.25) is 9.59 Å². The minimum absolute atomic E-state index is 0. The Morgan fingerprint density at radius 3 is 2.49 bits per heavy atom. The van der Waals surface area contributed by atoms with Crippen LogP contribution in [0.3, 0.4) is 0 Å². The summed E-state index contributed by atoms with van der Waals surface area (Å²) < 4.78 is 5.11. The third kappa shape index (κ3) is 11.0. The predicted octanol–water partition coefficient (Wildman–Crippen LogP) is 0.357. The summed E-state index contributed by atoms with van der Waals surface area (Å²) in [6.45, 7) is 0.493. The summed E-state index contributed by atoms with van der Waals surface area (Å²) in [4.78, 5) is 37.6. The maximum absolute atomic E-state index is 12.8. The number of aliphatic carboxylic acids is 1. The molecule has 2 rings (SSSR count). The second-order valence-electron chi connectivity index (χ2n) is 8.55. The molecule has 0 saturated carbocycles. The van der Waals surface area contributed by atoms with Crippen LogP contribution < -0.4 is 16.8 Å². The molecule has 11 nitrogen and oxygen atoms in total. The van der Waals surface area contributed by atoms with E-state index in [-0.39, 0.29) is 76.1 Å².